The standard InChI is InChI=1S/C13H16N2S/c1-3-11-6-4-5-7-12(11)15-10(2)13-14-8-9-16-13/h4-10,15H,3H2,1-2H3. The Morgan fingerprint density at radius 3 is 2.88 bits per heavy atom. The quantitative estimate of drug-likeness (QED) is 0.865. The van der Waals surface area contributed by atoms with Crippen LogP contribution in [0.4, 0.5) is 5.69 Å². The number of nitrogens with zero attached hydrogens (tertiary/aromatic N) is 1. The monoisotopic (exact) mass is 232 g/mol. The third-order valence-corrected chi connectivity index (χ3v) is 3.55. The Bertz CT molecular complexity index is 437. The summed E-state index contributed by atoms with van der Waals surface area (Å²) < 4.78 is 0. The number of anilines is 1. The van der Waals surface area contributed by atoms with Gasteiger partial charge in [0.25, 0.3) is 0 Å². The number of rotatable bonds is 4. The predicted octanol–water partition coefficient (Wildman–Crippen LogP) is 3.88. The Morgan fingerprint density at radius 1 is 1.38 bits per heavy atom. The van der Waals surface area contributed by atoms with Gasteiger partial charge in [-0.25, -0.2) is 4.98 Å². The van der Waals surface area contributed by atoms with Crippen LogP contribution in [0, 0.1) is 0 Å². The van der Waals surface area contributed by atoms with E-state index in [9.17, 15) is 0 Å². The van der Waals surface area contributed by atoms with Crippen molar-refractivity contribution in [1.29, 1.82) is 0 Å². The molecule has 2 aromatic rings. The van der Waals surface area contributed by atoms with Crippen LogP contribution in [-0.2, 0) is 6.42 Å². The van der Waals surface area contributed by atoms with Crippen molar-refractivity contribution in [3.8, 4) is 0 Å². The van der Waals surface area contributed by atoms with Gasteiger partial charge in [0.05, 0.1) is 6.04 Å². The summed E-state index contributed by atoms with van der Waals surface area (Å²) in [5, 5.41) is 6.66. The summed E-state index contributed by atoms with van der Waals surface area (Å²) in [6.07, 6.45) is 2.90. The molecule has 1 heterocycles. The zero-order valence-corrected chi connectivity index (χ0v) is 10.4. The molecule has 0 radical (unpaired) electrons. The van der Waals surface area contributed by atoms with Gasteiger partial charge < -0.3 is 5.32 Å². The molecule has 0 saturated heterocycles. The van der Waals surface area contributed by atoms with E-state index in [1.165, 1.54) is 11.3 Å². The molecule has 1 N–H and O–H groups in total. The Hall–Kier alpha value is -1.35. The normalized spacial score (nSPS) is 12.4. The number of aryl methyl sites for hydroxylation is 1. The second kappa shape index (κ2) is 5.12. The van der Waals surface area contributed by atoms with Crippen LogP contribution in [0.15, 0.2) is 35.8 Å². The summed E-state index contributed by atoms with van der Waals surface area (Å²) in [5.41, 5.74) is 2.57. The first kappa shape index (κ1) is 11.1. The minimum absolute atomic E-state index is 0.271. The van der Waals surface area contributed by atoms with Gasteiger partial charge in [-0.3, -0.25) is 0 Å². The van der Waals surface area contributed by atoms with E-state index in [1.54, 1.807) is 11.3 Å². The fraction of sp³-hybridized carbons (Fsp3) is 0.308. The SMILES string of the molecule is CCc1ccccc1NC(C)c1nccs1. The zero-order chi connectivity index (χ0) is 11.4. The van der Waals surface area contributed by atoms with Crippen molar-refractivity contribution in [3.05, 3.63) is 46.4 Å². The fourth-order valence-electron chi connectivity index (χ4n) is 1.71. The number of hydrogen-bond acceptors (Lipinski definition) is 3. The molecule has 0 fully saturated rings. The van der Waals surface area contributed by atoms with Crippen molar-refractivity contribution in [2.45, 2.75) is 26.3 Å². The Morgan fingerprint density at radius 2 is 2.19 bits per heavy atom. The van der Waals surface area contributed by atoms with Gasteiger partial charge in [-0.1, -0.05) is 25.1 Å². The van der Waals surface area contributed by atoms with Gasteiger partial charge >= 0.3 is 0 Å². The molecule has 1 atom stereocenters. The number of benzene rings is 1. The topological polar surface area (TPSA) is 24.9 Å². The largest absolute Gasteiger partial charge is 0.376 e. The maximum atomic E-state index is 4.32. The van der Waals surface area contributed by atoms with E-state index in [-0.39, 0.29) is 6.04 Å². The molecule has 0 saturated carbocycles. The van der Waals surface area contributed by atoms with Crippen molar-refractivity contribution in [1.82, 2.24) is 4.98 Å². The minimum Gasteiger partial charge on any atom is -0.376 e. The van der Waals surface area contributed by atoms with Crippen LogP contribution >= 0.6 is 11.3 Å². The molecule has 1 unspecified atom stereocenters. The summed E-state index contributed by atoms with van der Waals surface area (Å²) in [4.78, 5) is 4.32. The van der Waals surface area contributed by atoms with Gasteiger partial charge in [0.15, 0.2) is 0 Å². The third kappa shape index (κ3) is 2.42. The lowest BCUT2D eigenvalue weighted by Crippen LogP contribution is -2.07. The van der Waals surface area contributed by atoms with E-state index in [0.29, 0.717) is 0 Å². The highest BCUT2D eigenvalue weighted by atomic mass is 32.1. The van der Waals surface area contributed by atoms with Crippen LogP contribution in [0.1, 0.15) is 30.5 Å². The Kier molecular flexibility index (Phi) is 3.57. The maximum Gasteiger partial charge on any atom is 0.115 e. The van der Waals surface area contributed by atoms with Gasteiger partial charge in [0.2, 0.25) is 0 Å². The number of aromatic nitrogens is 1. The van der Waals surface area contributed by atoms with E-state index in [4.69, 9.17) is 0 Å². The van der Waals surface area contributed by atoms with Gasteiger partial charge in [-0.15, -0.1) is 11.3 Å². The molecule has 0 spiro atoms. The molecule has 2 nitrogen and oxygen atoms in total. The number of thiazole rings is 1. The lowest BCUT2D eigenvalue weighted by molar-refractivity contribution is 0.865. The summed E-state index contributed by atoms with van der Waals surface area (Å²) in [5.74, 6) is 0. The highest BCUT2D eigenvalue weighted by Gasteiger charge is 2.08. The Balaban J connectivity index is 2.14. The maximum absolute atomic E-state index is 4.32. The van der Waals surface area contributed by atoms with Crippen molar-refractivity contribution < 1.29 is 0 Å². The van der Waals surface area contributed by atoms with Crippen LogP contribution in [0.25, 0.3) is 0 Å². The molecular weight excluding hydrogens is 216 g/mol. The van der Waals surface area contributed by atoms with Crippen LogP contribution in [0.2, 0.25) is 0 Å². The van der Waals surface area contributed by atoms with Crippen molar-refractivity contribution >= 4 is 17.0 Å². The van der Waals surface area contributed by atoms with Crippen molar-refractivity contribution in [2.24, 2.45) is 0 Å². The van der Waals surface area contributed by atoms with E-state index in [0.717, 1.165) is 11.4 Å². The summed E-state index contributed by atoms with van der Waals surface area (Å²) in [7, 11) is 0. The third-order valence-electron chi connectivity index (χ3n) is 2.59. The number of hydrogen-bond donors (Lipinski definition) is 1. The smallest absolute Gasteiger partial charge is 0.115 e. The van der Waals surface area contributed by atoms with Crippen LogP contribution in [-0.4, -0.2) is 4.98 Å². The lowest BCUT2D eigenvalue weighted by Gasteiger charge is -2.15. The van der Waals surface area contributed by atoms with Crippen LogP contribution in [0.5, 0.6) is 0 Å². The molecule has 0 aliphatic rings. The first-order chi connectivity index (χ1) is 7.81. The van der Waals surface area contributed by atoms with Gasteiger partial charge in [0.1, 0.15) is 5.01 Å². The fourth-order valence-corrected chi connectivity index (χ4v) is 2.36. The van der Waals surface area contributed by atoms with Crippen molar-refractivity contribution in [3.63, 3.8) is 0 Å². The minimum atomic E-state index is 0.271. The molecule has 0 aliphatic heterocycles. The zero-order valence-electron chi connectivity index (χ0n) is 9.60. The predicted molar refractivity (Wildman–Crippen MR) is 70.0 cm³/mol. The summed E-state index contributed by atoms with van der Waals surface area (Å²) in [6, 6.07) is 8.71. The molecule has 3 heteroatoms. The highest BCUT2D eigenvalue weighted by Crippen LogP contribution is 2.23. The second-order valence-electron chi connectivity index (χ2n) is 3.75. The molecule has 1 aromatic heterocycles. The number of nitrogens with one attached hydrogen (secondary N) is 1. The molecule has 84 valence electrons. The second-order valence-corrected chi connectivity index (χ2v) is 4.67. The average molecular weight is 232 g/mol. The molecule has 0 bridgehead atoms. The highest BCUT2D eigenvalue weighted by molar-refractivity contribution is 7.09. The van der Waals surface area contributed by atoms with E-state index in [2.05, 4.69) is 48.4 Å². The van der Waals surface area contributed by atoms with Crippen molar-refractivity contribution in [2.75, 3.05) is 5.32 Å². The average Bonchev–Trinajstić information content (AvgIpc) is 2.83. The molecule has 2 rings (SSSR count). The van der Waals surface area contributed by atoms with E-state index < -0.39 is 0 Å². The van der Waals surface area contributed by atoms with Crippen LogP contribution in [0.3, 0.4) is 0 Å². The lowest BCUT2D eigenvalue weighted by atomic mass is 10.1. The van der Waals surface area contributed by atoms with E-state index in [1.807, 2.05) is 11.6 Å². The van der Waals surface area contributed by atoms with Gasteiger partial charge in [0, 0.05) is 17.3 Å². The van der Waals surface area contributed by atoms with E-state index >= 15 is 0 Å². The first-order valence-electron chi connectivity index (χ1n) is 5.55. The molecule has 1 aromatic carbocycles. The molecule has 16 heavy (non-hydrogen) atoms. The van der Waals surface area contributed by atoms with Gasteiger partial charge in [-0.05, 0) is 25.0 Å². The van der Waals surface area contributed by atoms with Crippen LogP contribution < -0.4 is 5.32 Å². The molecule has 0 amide bonds. The molecular formula is C13H16N2S. The first-order valence-corrected chi connectivity index (χ1v) is 6.43. The molecule has 0 aliphatic carbocycles. The Labute approximate surface area is 100 Å². The summed E-state index contributed by atoms with van der Waals surface area (Å²) in [6.45, 7) is 4.32. The number of para-hydroxylation sites is 1. The van der Waals surface area contributed by atoms with Gasteiger partial charge in [-0.2, -0.15) is 0 Å². The summed E-state index contributed by atoms with van der Waals surface area (Å²) >= 11 is 1.69.